The van der Waals surface area contributed by atoms with Crippen LogP contribution in [0.4, 0.5) is 0 Å². The van der Waals surface area contributed by atoms with E-state index in [1.54, 1.807) is 6.92 Å². The first-order valence-electron chi connectivity index (χ1n) is 6.86. The third kappa shape index (κ3) is 7.76. The standard InChI is InChI=1S/C13H26O6Si/c1-5-17-20(18-6-2,19-10-8-14)11-7-9-16-13(15)12(3)4/h14H,3,5-11H2,1-2,4H3. The number of hydrogen-bond acceptors (Lipinski definition) is 6. The molecule has 0 aromatic heterocycles. The lowest BCUT2D eigenvalue weighted by Gasteiger charge is -2.28. The molecule has 1 N–H and O–H groups in total. The van der Waals surface area contributed by atoms with Crippen LogP contribution in [0.2, 0.25) is 6.04 Å². The zero-order valence-corrected chi connectivity index (χ0v) is 13.6. The Morgan fingerprint density at radius 1 is 1.15 bits per heavy atom. The fourth-order valence-corrected chi connectivity index (χ4v) is 4.10. The Hall–Kier alpha value is -0.733. The number of rotatable bonds is 12. The summed E-state index contributed by atoms with van der Waals surface area (Å²) in [6, 6.07) is 0.540. The van der Waals surface area contributed by atoms with Gasteiger partial charge < -0.3 is 23.1 Å². The van der Waals surface area contributed by atoms with Crippen molar-refractivity contribution in [3.63, 3.8) is 0 Å². The average Bonchev–Trinajstić information content (AvgIpc) is 2.41. The highest BCUT2D eigenvalue weighted by Crippen LogP contribution is 2.18. The Morgan fingerprint density at radius 3 is 2.20 bits per heavy atom. The molecule has 0 aromatic carbocycles. The summed E-state index contributed by atoms with van der Waals surface area (Å²) in [6.07, 6.45) is 0.580. The zero-order chi connectivity index (χ0) is 15.4. The quantitative estimate of drug-likeness (QED) is 0.255. The van der Waals surface area contributed by atoms with Crippen LogP contribution in [-0.2, 0) is 22.8 Å². The van der Waals surface area contributed by atoms with E-state index < -0.39 is 14.8 Å². The molecule has 6 nitrogen and oxygen atoms in total. The third-order valence-corrected chi connectivity index (χ3v) is 5.42. The van der Waals surface area contributed by atoms with Crippen molar-refractivity contribution in [1.82, 2.24) is 0 Å². The van der Waals surface area contributed by atoms with Crippen LogP contribution in [0.1, 0.15) is 27.2 Å². The van der Waals surface area contributed by atoms with Crippen molar-refractivity contribution in [2.24, 2.45) is 0 Å². The molecule has 0 atom stereocenters. The predicted octanol–water partition coefficient (Wildman–Crippen LogP) is 1.52. The topological polar surface area (TPSA) is 74.2 Å². The second-order valence-electron chi connectivity index (χ2n) is 4.14. The Bertz CT molecular complexity index is 289. The molecule has 0 spiro atoms. The highest BCUT2D eigenvalue weighted by atomic mass is 28.4. The van der Waals surface area contributed by atoms with Crippen molar-refractivity contribution in [3.8, 4) is 0 Å². The molecule has 0 aliphatic rings. The molecule has 118 valence electrons. The Kier molecular flexibility index (Phi) is 10.6. The molecular formula is C13H26O6Si. The molecule has 20 heavy (non-hydrogen) atoms. The molecule has 7 heteroatoms. The van der Waals surface area contributed by atoms with Gasteiger partial charge >= 0.3 is 14.8 Å². The van der Waals surface area contributed by atoms with Crippen LogP contribution in [0.3, 0.4) is 0 Å². The molecule has 0 saturated carbocycles. The number of carbonyl (C=O) groups excluding carboxylic acids is 1. The fraction of sp³-hybridized carbons (Fsp3) is 0.769. The summed E-state index contributed by atoms with van der Waals surface area (Å²) < 4.78 is 21.9. The molecule has 0 unspecified atom stereocenters. The molecule has 0 rings (SSSR count). The third-order valence-electron chi connectivity index (χ3n) is 2.35. The first kappa shape index (κ1) is 19.3. The van der Waals surface area contributed by atoms with E-state index >= 15 is 0 Å². The smallest absolute Gasteiger partial charge is 0.462 e. The van der Waals surface area contributed by atoms with E-state index in [1.807, 2.05) is 13.8 Å². The van der Waals surface area contributed by atoms with Crippen molar-refractivity contribution >= 4 is 14.8 Å². The van der Waals surface area contributed by atoms with E-state index in [4.69, 9.17) is 23.1 Å². The van der Waals surface area contributed by atoms with Gasteiger partial charge in [0.1, 0.15) is 0 Å². The van der Waals surface area contributed by atoms with Gasteiger partial charge in [-0.1, -0.05) is 6.58 Å². The maximum Gasteiger partial charge on any atom is 0.501 e. The molecule has 0 amide bonds. The molecule has 0 aliphatic heterocycles. The van der Waals surface area contributed by atoms with E-state index in [1.165, 1.54) is 0 Å². The van der Waals surface area contributed by atoms with Crippen molar-refractivity contribution in [3.05, 3.63) is 12.2 Å². The lowest BCUT2D eigenvalue weighted by atomic mass is 10.4. The lowest BCUT2D eigenvalue weighted by Crippen LogP contribution is -2.46. The summed E-state index contributed by atoms with van der Waals surface area (Å²) in [6.45, 7) is 10.2. The fourth-order valence-electron chi connectivity index (χ4n) is 1.56. The van der Waals surface area contributed by atoms with E-state index in [2.05, 4.69) is 6.58 Å². The van der Waals surface area contributed by atoms with Crippen molar-refractivity contribution in [2.75, 3.05) is 33.0 Å². The van der Waals surface area contributed by atoms with Crippen LogP contribution in [-0.4, -0.2) is 52.9 Å². The number of hydrogen-bond donors (Lipinski definition) is 1. The van der Waals surface area contributed by atoms with Gasteiger partial charge in [-0.25, -0.2) is 4.79 Å². The maximum atomic E-state index is 11.3. The number of carbonyl (C=O) groups is 1. The summed E-state index contributed by atoms with van der Waals surface area (Å²) >= 11 is 0. The largest absolute Gasteiger partial charge is 0.501 e. The molecule has 0 fully saturated rings. The van der Waals surface area contributed by atoms with Crippen LogP contribution in [0, 0.1) is 0 Å². The highest BCUT2D eigenvalue weighted by Gasteiger charge is 2.40. The van der Waals surface area contributed by atoms with E-state index in [-0.39, 0.29) is 19.8 Å². The average molecular weight is 306 g/mol. The van der Waals surface area contributed by atoms with Gasteiger partial charge in [0.15, 0.2) is 0 Å². The maximum absolute atomic E-state index is 11.3. The Morgan fingerprint density at radius 2 is 1.75 bits per heavy atom. The van der Waals surface area contributed by atoms with Crippen LogP contribution in [0.5, 0.6) is 0 Å². The summed E-state index contributed by atoms with van der Waals surface area (Å²) in [5.74, 6) is -0.402. The first-order valence-corrected chi connectivity index (χ1v) is 8.79. The minimum absolute atomic E-state index is 0.0838. The highest BCUT2D eigenvalue weighted by molar-refractivity contribution is 6.60. The van der Waals surface area contributed by atoms with Crippen LogP contribution < -0.4 is 0 Å². The molecule has 0 bridgehead atoms. The number of esters is 1. The summed E-state index contributed by atoms with van der Waals surface area (Å²) in [4.78, 5) is 11.3. The number of ether oxygens (including phenoxy) is 1. The van der Waals surface area contributed by atoms with Crippen LogP contribution in [0.15, 0.2) is 12.2 Å². The van der Waals surface area contributed by atoms with Crippen molar-refractivity contribution in [1.29, 1.82) is 0 Å². The predicted molar refractivity (Wildman–Crippen MR) is 77.2 cm³/mol. The molecule has 0 radical (unpaired) electrons. The van der Waals surface area contributed by atoms with Gasteiger partial charge in [0.05, 0.1) is 19.8 Å². The molecular weight excluding hydrogens is 280 g/mol. The van der Waals surface area contributed by atoms with Crippen LogP contribution in [0.25, 0.3) is 0 Å². The van der Waals surface area contributed by atoms with Gasteiger partial charge in [0.25, 0.3) is 0 Å². The summed E-state index contributed by atoms with van der Waals surface area (Å²) in [7, 11) is -2.79. The van der Waals surface area contributed by atoms with Crippen molar-refractivity contribution in [2.45, 2.75) is 33.2 Å². The van der Waals surface area contributed by atoms with Gasteiger partial charge in [0.2, 0.25) is 0 Å². The van der Waals surface area contributed by atoms with E-state index in [0.717, 1.165) is 0 Å². The molecule has 0 heterocycles. The van der Waals surface area contributed by atoms with Gasteiger partial charge in [-0.05, 0) is 27.2 Å². The molecule has 0 aromatic rings. The SMILES string of the molecule is C=C(C)C(=O)OCCC[Si](OCC)(OCC)OCCO. The molecule has 0 saturated heterocycles. The normalized spacial score (nSPS) is 11.4. The summed E-state index contributed by atoms with van der Waals surface area (Å²) in [5.41, 5.74) is 0.375. The van der Waals surface area contributed by atoms with Gasteiger partial charge in [-0.3, -0.25) is 0 Å². The second kappa shape index (κ2) is 11.0. The Labute approximate surface area is 122 Å². The van der Waals surface area contributed by atoms with Crippen LogP contribution >= 0.6 is 0 Å². The zero-order valence-electron chi connectivity index (χ0n) is 12.6. The van der Waals surface area contributed by atoms with Gasteiger partial charge in [0, 0.05) is 24.8 Å². The first-order chi connectivity index (χ1) is 9.51. The number of aliphatic hydroxyl groups is 1. The van der Waals surface area contributed by atoms with Gasteiger partial charge in [-0.2, -0.15) is 0 Å². The van der Waals surface area contributed by atoms with E-state index in [0.29, 0.717) is 31.3 Å². The Balaban J connectivity index is 4.32. The summed E-state index contributed by atoms with van der Waals surface area (Å²) in [5, 5.41) is 8.88. The van der Waals surface area contributed by atoms with Crippen molar-refractivity contribution < 1.29 is 27.9 Å². The minimum atomic E-state index is -2.79. The molecule has 0 aliphatic carbocycles. The monoisotopic (exact) mass is 306 g/mol. The van der Waals surface area contributed by atoms with Gasteiger partial charge in [-0.15, -0.1) is 0 Å². The second-order valence-corrected chi connectivity index (χ2v) is 6.87. The number of aliphatic hydroxyl groups excluding tert-OH is 1. The minimum Gasteiger partial charge on any atom is -0.462 e. The lowest BCUT2D eigenvalue weighted by molar-refractivity contribution is -0.139. The van der Waals surface area contributed by atoms with E-state index in [9.17, 15) is 4.79 Å².